The van der Waals surface area contributed by atoms with E-state index >= 15 is 0 Å². The van der Waals surface area contributed by atoms with Gasteiger partial charge in [-0.25, -0.2) is 0 Å². The van der Waals surface area contributed by atoms with Crippen molar-refractivity contribution in [1.29, 1.82) is 0 Å². The van der Waals surface area contributed by atoms with Crippen molar-refractivity contribution in [3.05, 3.63) is 38.8 Å². The van der Waals surface area contributed by atoms with Crippen LogP contribution in [0.4, 0.5) is 0 Å². The summed E-state index contributed by atoms with van der Waals surface area (Å²) >= 11 is 6.69. The summed E-state index contributed by atoms with van der Waals surface area (Å²) in [5, 5.41) is 17.8. The molecule has 0 spiro atoms. The van der Waals surface area contributed by atoms with E-state index in [1.165, 1.54) is 0 Å². The average Bonchev–Trinajstić information content (AvgIpc) is 2.63. The molecule has 1 atom stereocenters. The van der Waals surface area contributed by atoms with E-state index in [2.05, 4.69) is 47.2 Å². The highest BCUT2D eigenvalue weighted by atomic mass is 79.9. The maximum absolute atomic E-state index is 10.1. The van der Waals surface area contributed by atoms with Crippen molar-refractivity contribution in [2.75, 3.05) is 0 Å². The summed E-state index contributed by atoms with van der Waals surface area (Å²) in [6.07, 6.45) is 3.12. The largest absolute Gasteiger partial charge is 0.386 e. The number of hydrogen-bond donors (Lipinski definition) is 1. The number of hydrogen-bond acceptors (Lipinski definition) is 4. The molecule has 2 aromatic rings. The fourth-order valence-electron chi connectivity index (χ4n) is 1.45. The minimum atomic E-state index is -0.700. The zero-order chi connectivity index (χ0) is 12.4. The van der Waals surface area contributed by atoms with Gasteiger partial charge in [0, 0.05) is 34.8 Å². The van der Waals surface area contributed by atoms with Gasteiger partial charge in [0.2, 0.25) is 0 Å². The lowest BCUT2D eigenvalue weighted by Crippen LogP contribution is -2.05. The molecule has 2 heterocycles. The van der Waals surface area contributed by atoms with Gasteiger partial charge in [-0.3, -0.25) is 9.67 Å². The highest BCUT2D eigenvalue weighted by molar-refractivity contribution is 9.11. The molecule has 2 aromatic heterocycles. The second kappa shape index (κ2) is 5.24. The maximum atomic E-state index is 10.1. The Hall–Kier alpha value is -0.790. The molecule has 1 unspecified atom stereocenters. The van der Waals surface area contributed by atoms with Crippen LogP contribution in [-0.2, 0) is 13.5 Å². The van der Waals surface area contributed by atoms with Crippen molar-refractivity contribution in [1.82, 2.24) is 20.0 Å². The molecule has 7 heteroatoms. The molecule has 0 aliphatic carbocycles. The summed E-state index contributed by atoms with van der Waals surface area (Å²) in [7, 11) is 1.79. The SMILES string of the molecule is Cn1cc(CC(O)c2ncc(Br)cc2Br)nn1. The normalized spacial score (nSPS) is 12.7. The maximum Gasteiger partial charge on any atom is 0.103 e. The minimum Gasteiger partial charge on any atom is -0.386 e. The van der Waals surface area contributed by atoms with Gasteiger partial charge in [-0.05, 0) is 37.9 Å². The number of rotatable bonds is 3. The van der Waals surface area contributed by atoms with Crippen LogP contribution < -0.4 is 0 Å². The van der Waals surface area contributed by atoms with Crippen LogP contribution in [0.5, 0.6) is 0 Å². The summed E-state index contributed by atoms with van der Waals surface area (Å²) in [4.78, 5) is 4.18. The first kappa shape index (κ1) is 12.7. The number of nitrogens with zero attached hydrogens (tertiary/aromatic N) is 4. The Bertz CT molecular complexity index is 529. The summed E-state index contributed by atoms with van der Waals surface area (Å²) in [6, 6.07) is 1.85. The molecule has 0 saturated heterocycles. The van der Waals surface area contributed by atoms with Gasteiger partial charge in [0.15, 0.2) is 0 Å². The minimum absolute atomic E-state index is 0.390. The van der Waals surface area contributed by atoms with Gasteiger partial charge in [0.1, 0.15) is 6.10 Å². The summed E-state index contributed by atoms with van der Waals surface area (Å²) in [6.45, 7) is 0. The summed E-state index contributed by atoms with van der Waals surface area (Å²) in [5.41, 5.74) is 1.33. The van der Waals surface area contributed by atoms with E-state index in [1.807, 2.05) is 6.07 Å². The lowest BCUT2D eigenvalue weighted by atomic mass is 10.1. The molecule has 1 N–H and O–H groups in total. The van der Waals surface area contributed by atoms with Crippen molar-refractivity contribution >= 4 is 31.9 Å². The molecule has 2 rings (SSSR count). The number of aromatic nitrogens is 4. The molecule has 17 heavy (non-hydrogen) atoms. The van der Waals surface area contributed by atoms with E-state index in [-0.39, 0.29) is 0 Å². The molecular weight excluding hydrogens is 352 g/mol. The van der Waals surface area contributed by atoms with Gasteiger partial charge in [0.05, 0.1) is 11.4 Å². The van der Waals surface area contributed by atoms with Crippen LogP contribution in [0.3, 0.4) is 0 Å². The van der Waals surface area contributed by atoms with Gasteiger partial charge in [-0.15, -0.1) is 5.10 Å². The molecule has 0 aliphatic rings. The Kier molecular flexibility index (Phi) is 3.90. The first-order valence-electron chi connectivity index (χ1n) is 4.90. The Balaban J connectivity index is 2.17. The van der Waals surface area contributed by atoms with Gasteiger partial charge in [-0.1, -0.05) is 5.21 Å². The third-order valence-corrected chi connectivity index (χ3v) is 3.27. The zero-order valence-corrected chi connectivity index (χ0v) is 12.2. The van der Waals surface area contributed by atoms with Crippen LogP contribution in [0, 0.1) is 0 Å². The Morgan fingerprint density at radius 1 is 1.47 bits per heavy atom. The second-order valence-electron chi connectivity index (χ2n) is 3.62. The lowest BCUT2D eigenvalue weighted by Gasteiger charge is -2.10. The molecule has 0 aliphatic heterocycles. The van der Waals surface area contributed by atoms with E-state index in [4.69, 9.17) is 0 Å². The third kappa shape index (κ3) is 3.11. The zero-order valence-electron chi connectivity index (χ0n) is 9.01. The Labute approximate surface area is 115 Å². The highest BCUT2D eigenvalue weighted by Gasteiger charge is 2.15. The summed E-state index contributed by atoms with van der Waals surface area (Å²) in [5.74, 6) is 0. The van der Waals surface area contributed by atoms with Crippen molar-refractivity contribution < 1.29 is 5.11 Å². The van der Waals surface area contributed by atoms with Gasteiger partial charge in [0.25, 0.3) is 0 Å². The monoisotopic (exact) mass is 360 g/mol. The molecule has 0 radical (unpaired) electrons. The molecule has 90 valence electrons. The van der Waals surface area contributed by atoms with Gasteiger partial charge < -0.3 is 5.11 Å². The number of aryl methyl sites for hydroxylation is 1. The fourth-order valence-corrected chi connectivity index (χ4v) is 2.71. The van der Waals surface area contributed by atoms with E-state index in [0.29, 0.717) is 12.1 Å². The van der Waals surface area contributed by atoms with Gasteiger partial charge in [-0.2, -0.15) is 0 Å². The molecule has 5 nitrogen and oxygen atoms in total. The summed E-state index contributed by atoms with van der Waals surface area (Å²) < 4.78 is 3.23. The number of aliphatic hydroxyl groups is 1. The fraction of sp³-hybridized carbons (Fsp3) is 0.300. The third-order valence-electron chi connectivity index (χ3n) is 2.20. The lowest BCUT2D eigenvalue weighted by molar-refractivity contribution is 0.171. The molecular formula is C10H10Br2N4O. The number of pyridine rings is 1. The first-order chi connectivity index (χ1) is 8.06. The van der Waals surface area contributed by atoms with E-state index in [9.17, 15) is 5.11 Å². The quantitative estimate of drug-likeness (QED) is 0.908. The van der Waals surface area contributed by atoms with E-state index in [1.54, 1.807) is 24.1 Å². The molecule has 0 fully saturated rings. The first-order valence-corrected chi connectivity index (χ1v) is 6.49. The number of halogens is 2. The van der Waals surface area contributed by atoms with Crippen molar-refractivity contribution in [3.63, 3.8) is 0 Å². The average molecular weight is 362 g/mol. The van der Waals surface area contributed by atoms with Crippen molar-refractivity contribution in [3.8, 4) is 0 Å². The van der Waals surface area contributed by atoms with Crippen LogP contribution in [0.1, 0.15) is 17.5 Å². The highest BCUT2D eigenvalue weighted by Crippen LogP contribution is 2.26. The number of aliphatic hydroxyl groups excluding tert-OH is 1. The second-order valence-corrected chi connectivity index (χ2v) is 5.39. The van der Waals surface area contributed by atoms with Crippen LogP contribution in [0.15, 0.2) is 27.4 Å². The predicted octanol–water partition coefficient (Wildman–Crippen LogP) is 2.01. The molecule has 0 saturated carbocycles. The van der Waals surface area contributed by atoms with E-state index in [0.717, 1.165) is 14.6 Å². The van der Waals surface area contributed by atoms with E-state index < -0.39 is 6.10 Å². The van der Waals surface area contributed by atoms with Crippen LogP contribution in [0.2, 0.25) is 0 Å². The molecule has 0 amide bonds. The predicted molar refractivity (Wildman–Crippen MR) is 69.3 cm³/mol. The standard InChI is InChI=1S/C10H10Br2N4O/c1-16-5-7(14-15-16)3-9(17)10-8(12)2-6(11)4-13-10/h2,4-5,9,17H,3H2,1H3. The molecule has 0 bridgehead atoms. The Morgan fingerprint density at radius 2 is 2.24 bits per heavy atom. The van der Waals surface area contributed by atoms with Crippen LogP contribution in [0.25, 0.3) is 0 Å². The van der Waals surface area contributed by atoms with Crippen molar-refractivity contribution in [2.24, 2.45) is 7.05 Å². The van der Waals surface area contributed by atoms with Crippen LogP contribution >= 0.6 is 31.9 Å². The Morgan fingerprint density at radius 3 is 2.82 bits per heavy atom. The smallest absolute Gasteiger partial charge is 0.103 e. The van der Waals surface area contributed by atoms with Crippen LogP contribution in [-0.4, -0.2) is 25.1 Å². The topological polar surface area (TPSA) is 63.8 Å². The molecule has 0 aromatic carbocycles. The van der Waals surface area contributed by atoms with Gasteiger partial charge >= 0.3 is 0 Å². The van der Waals surface area contributed by atoms with Crippen molar-refractivity contribution in [2.45, 2.75) is 12.5 Å².